The van der Waals surface area contributed by atoms with Crippen LogP contribution in [0.1, 0.15) is 12.5 Å². The first-order valence-corrected chi connectivity index (χ1v) is 5.76. The summed E-state index contributed by atoms with van der Waals surface area (Å²) in [5.74, 6) is 0.413. The fourth-order valence-corrected chi connectivity index (χ4v) is 1.49. The van der Waals surface area contributed by atoms with E-state index in [0.29, 0.717) is 23.9 Å². The summed E-state index contributed by atoms with van der Waals surface area (Å²) >= 11 is 5.85. The highest BCUT2D eigenvalue weighted by molar-refractivity contribution is 6.30. The van der Waals surface area contributed by atoms with Crippen molar-refractivity contribution in [3.8, 4) is 5.75 Å². The van der Waals surface area contributed by atoms with Gasteiger partial charge in [0.2, 0.25) is 5.91 Å². The predicted molar refractivity (Wildman–Crippen MR) is 75.3 cm³/mol. The molecule has 0 aliphatic heterocycles. The maximum Gasteiger partial charge on any atom is 0.224 e. The van der Waals surface area contributed by atoms with Gasteiger partial charge in [-0.1, -0.05) is 24.6 Å². The summed E-state index contributed by atoms with van der Waals surface area (Å²) in [7, 11) is 1.57. The lowest BCUT2D eigenvalue weighted by Gasteiger charge is -2.12. The lowest BCUT2D eigenvalue weighted by Crippen LogP contribution is -2.32. The van der Waals surface area contributed by atoms with Gasteiger partial charge in [-0.25, -0.2) is 0 Å². The maximum absolute atomic E-state index is 11.6. The topological polar surface area (TPSA) is 64.3 Å². The third kappa shape index (κ3) is 4.72. The van der Waals surface area contributed by atoms with E-state index in [1.807, 2.05) is 6.07 Å². The summed E-state index contributed by atoms with van der Waals surface area (Å²) < 4.78 is 5.18. The third-order valence-electron chi connectivity index (χ3n) is 2.50. The average Bonchev–Trinajstić information content (AvgIpc) is 2.35. The van der Waals surface area contributed by atoms with Crippen molar-refractivity contribution in [3.63, 3.8) is 0 Å². The van der Waals surface area contributed by atoms with Gasteiger partial charge in [0.25, 0.3) is 0 Å². The van der Waals surface area contributed by atoms with Crippen LogP contribution in [0.15, 0.2) is 18.2 Å². The molecule has 0 heterocycles. The monoisotopic (exact) mass is 292 g/mol. The van der Waals surface area contributed by atoms with E-state index in [4.69, 9.17) is 22.1 Å². The first-order chi connectivity index (χ1) is 8.08. The number of benzene rings is 1. The Morgan fingerprint density at radius 1 is 1.56 bits per heavy atom. The van der Waals surface area contributed by atoms with Gasteiger partial charge < -0.3 is 15.8 Å². The quantitative estimate of drug-likeness (QED) is 0.872. The van der Waals surface area contributed by atoms with Crippen molar-refractivity contribution in [2.75, 3.05) is 13.7 Å². The van der Waals surface area contributed by atoms with E-state index >= 15 is 0 Å². The molecule has 1 aromatic carbocycles. The number of ether oxygens (including phenoxy) is 1. The minimum atomic E-state index is -0.187. The molecule has 4 nitrogen and oxygen atoms in total. The summed E-state index contributed by atoms with van der Waals surface area (Å²) in [6.45, 7) is 2.53. The lowest BCUT2D eigenvalue weighted by molar-refractivity contribution is -0.124. The molecule has 0 spiro atoms. The van der Waals surface area contributed by atoms with Crippen LogP contribution in [0.2, 0.25) is 5.02 Å². The fraction of sp³-hybridized carbons (Fsp3) is 0.417. The van der Waals surface area contributed by atoms with Crippen molar-refractivity contribution in [1.29, 1.82) is 0 Å². The van der Waals surface area contributed by atoms with E-state index in [2.05, 4.69) is 5.32 Å². The Morgan fingerprint density at radius 2 is 2.22 bits per heavy atom. The molecule has 0 aromatic heterocycles. The second kappa shape index (κ2) is 8.19. The summed E-state index contributed by atoms with van der Waals surface area (Å²) in [6.07, 6.45) is 0. The van der Waals surface area contributed by atoms with Crippen LogP contribution in [-0.2, 0) is 11.3 Å². The molecule has 0 saturated heterocycles. The van der Waals surface area contributed by atoms with Crippen molar-refractivity contribution < 1.29 is 9.53 Å². The van der Waals surface area contributed by atoms with Crippen LogP contribution in [0.25, 0.3) is 0 Å². The fourth-order valence-electron chi connectivity index (χ4n) is 1.33. The van der Waals surface area contributed by atoms with E-state index in [0.717, 1.165) is 5.56 Å². The Balaban J connectivity index is 0.00000289. The summed E-state index contributed by atoms with van der Waals surface area (Å²) in [5.41, 5.74) is 6.30. The molecule has 0 saturated carbocycles. The molecule has 1 rings (SSSR count). The smallest absolute Gasteiger partial charge is 0.224 e. The number of nitrogens with one attached hydrogen (secondary N) is 1. The van der Waals surface area contributed by atoms with Crippen LogP contribution >= 0.6 is 24.0 Å². The molecule has 0 bridgehead atoms. The molecule has 0 radical (unpaired) electrons. The summed E-state index contributed by atoms with van der Waals surface area (Å²) in [5, 5.41) is 3.41. The van der Waals surface area contributed by atoms with E-state index < -0.39 is 0 Å². The molecule has 102 valence electrons. The maximum atomic E-state index is 11.6. The van der Waals surface area contributed by atoms with Crippen molar-refractivity contribution in [3.05, 3.63) is 28.8 Å². The van der Waals surface area contributed by atoms with Gasteiger partial charge in [-0.05, 0) is 12.1 Å². The molecule has 0 fully saturated rings. The van der Waals surface area contributed by atoms with Crippen molar-refractivity contribution >= 4 is 29.9 Å². The molecule has 3 N–H and O–H groups in total. The van der Waals surface area contributed by atoms with Crippen molar-refractivity contribution in [2.45, 2.75) is 13.5 Å². The van der Waals surface area contributed by atoms with E-state index in [9.17, 15) is 4.79 Å². The number of hydrogen-bond donors (Lipinski definition) is 2. The molecular weight excluding hydrogens is 275 g/mol. The normalized spacial score (nSPS) is 11.3. The zero-order valence-electron chi connectivity index (χ0n) is 10.4. The van der Waals surface area contributed by atoms with Crippen LogP contribution in [0.4, 0.5) is 0 Å². The van der Waals surface area contributed by atoms with E-state index in [-0.39, 0.29) is 24.2 Å². The van der Waals surface area contributed by atoms with Crippen LogP contribution in [0.5, 0.6) is 5.75 Å². The Labute approximate surface area is 118 Å². The van der Waals surface area contributed by atoms with Gasteiger partial charge in [0.05, 0.1) is 7.11 Å². The number of carbonyl (C=O) groups is 1. The molecule has 6 heteroatoms. The molecule has 1 atom stereocenters. The highest BCUT2D eigenvalue weighted by atomic mass is 35.5. The number of amides is 1. The molecular formula is C12H18Cl2N2O2. The number of carbonyl (C=O) groups excluding carboxylic acids is 1. The van der Waals surface area contributed by atoms with E-state index in [1.165, 1.54) is 0 Å². The zero-order chi connectivity index (χ0) is 12.8. The van der Waals surface area contributed by atoms with E-state index in [1.54, 1.807) is 26.2 Å². The first kappa shape index (κ1) is 17.0. The Morgan fingerprint density at radius 3 is 2.78 bits per heavy atom. The second-order valence-electron chi connectivity index (χ2n) is 3.81. The lowest BCUT2D eigenvalue weighted by atomic mass is 10.1. The zero-order valence-corrected chi connectivity index (χ0v) is 12.0. The highest BCUT2D eigenvalue weighted by Gasteiger charge is 2.11. The van der Waals surface area contributed by atoms with Crippen molar-refractivity contribution in [2.24, 2.45) is 11.7 Å². The van der Waals surface area contributed by atoms with Gasteiger partial charge >= 0.3 is 0 Å². The second-order valence-corrected chi connectivity index (χ2v) is 4.25. The number of nitrogens with two attached hydrogens (primary N) is 1. The van der Waals surface area contributed by atoms with Crippen molar-refractivity contribution in [1.82, 2.24) is 5.32 Å². The number of methoxy groups -OCH3 is 1. The molecule has 1 aromatic rings. The molecule has 0 aliphatic rings. The number of rotatable bonds is 5. The van der Waals surface area contributed by atoms with Gasteiger partial charge in [0, 0.05) is 29.6 Å². The molecule has 0 aliphatic carbocycles. The standard InChI is InChI=1S/C12H17ClN2O2.ClH/c1-8(6-14)12(16)15-7-9-3-4-10(13)5-11(9)17-2;/h3-5,8H,6-7,14H2,1-2H3,(H,15,16);1H. The predicted octanol–water partition coefficient (Wildman–Crippen LogP) is 1.98. The minimum Gasteiger partial charge on any atom is -0.496 e. The number of halogens is 2. The SMILES string of the molecule is COc1cc(Cl)ccc1CNC(=O)C(C)CN.Cl. The number of hydrogen-bond acceptors (Lipinski definition) is 3. The third-order valence-corrected chi connectivity index (χ3v) is 2.74. The minimum absolute atomic E-state index is 0. The van der Waals surface area contributed by atoms with Gasteiger partial charge in [0.15, 0.2) is 0 Å². The van der Waals surface area contributed by atoms with Crippen LogP contribution < -0.4 is 15.8 Å². The first-order valence-electron chi connectivity index (χ1n) is 5.38. The molecule has 1 amide bonds. The van der Waals surface area contributed by atoms with Crippen LogP contribution in [0.3, 0.4) is 0 Å². The largest absolute Gasteiger partial charge is 0.496 e. The molecule has 1 unspecified atom stereocenters. The van der Waals surface area contributed by atoms with Crippen LogP contribution in [-0.4, -0.2) is 19.6 Å². The Hall–Kier alpha value is -0.970. The van der Waals surface area contributed by atoms with Crippen LogP contribution in [0, 0.1) is 5.92 Å². The Kier molecular flexibility index (Phi) is 7.75. The van der Waals surface area contributed by atoms with Gasteiger partial charge in [-0.2, -0.15) is 0 Å². The molecule has 18 heavy (non-hydrogen) atoms. The van der Waals surface area contributed by atoms with Gasteiger partial charge in [0.1, 0.15) is 5.75 Å². The highest BCUT2D eigenvalue weighted by Crippen LogP contribution is 2.22. The summed E-state index contributed by atoms with van der Waals surface area (Å²) in [4.78, 5) is 11.6. The average molecular weight is 293 g/mol. The summed E-state index contributed by atoms with van der Waals surface area (Å²) in [6, 6.07) is 5.31. The van der Waals surface area contributed by atoms with Gasteiger partial charge in [-0.15, -0.1) is 12.4 Å². The van der Waals surface area contributed by atoms with Gasteiger partial charge in [-0.3, -0.25) is 4.79 Å². The Bertz CT molecular complexity index is 400.